The van der Waals surface area contributed by atoms with Crippen molar-refractivity contribution in [2.24, 2.45) is 4.99 Å². The highest BCUT2D eigenvalue weighted by atomic mass is 32.1. The molecule has 4 heterocycles. The van der Waals surface area contributed by atoms with Crippen LogP contribution in [0.1, 0.15) is 35.4 Å². The van der Waals surface area contributed by atoms with Crippen LogP contribution in [0.2, 0.25) is 0 Å². The normalized spacial score (nSPS) is 14.0. The first-order chi connectivity index (χ1) is 35.5. The van der Waals surface area contributed by atoms with Crippen molar-refractivity contribution < 1.29 is 8.63 Å². The molecule has 1 aliphatic heterocycles. The van der Waals surface area contributed by atoms with Gasteiger partial charge in [0.25, 0.3) is 0 Å². The average Bonchev–Trinajstić information content (AvgIpc) is 4.22. The fourth-order valence-electron chi connectivity index (χ4n) is 9.56. The maximum Gasteiger partial charge on any atom is 0.677 e. The third kappa shape index (κ3) is 9.94. The third-order valence-electron chi connectivity index (χ3n) is 13.0. The lowest BCUT2D eigenvalue weighted by Gasteiger charge is -2.21. The first-order valence-electron chi connectivity index (χ1n) is 24.1. The maximum absolute atomic E-state index is 16.1. The number of aliphatic imine (C=N–C) groups is 1. The zero-order chi connectivity index (χ0) is 48.8. The van der Waals surface area contributed by atoms with Crippen molar-refractivity contribution in [3.63, 3.8) is 0 Å². The molecule has 0 saturated heterocycles. The number of allylic oxidation sites excluding steroid dienone is 2. The second-order valence-electron chi connectivity index (χ2n) is 17.6. The Labute approximate surface area is 427 Å². The van der Waals surface area contributed by atoms with Crippen molar-refractivity contribution in [1.82, 2.24) is 9.46 Å². The van der Waals surface area contributed by atoms with E-state index in [1.54, 1.807) is 11.3 Å². The Bertz CT molecular complexity index is 3530. The number of benzene rings is 7. The number of hydrogen-bond donors (Lipinski definition) is 0. The van der Waals surface area contributed by atoms with E-state index in [1.165, 1.54) is 31.0 Å². The number of fused-ring (bicyclic) bond motifs is 1. The minimum absolute atomic E-state index is 0.378. The van der Waals surface area contributed by atoms with Crippen LogP contribution < -0.4 is 31.8 Å². The number of rotatable bonds is 15. The average molecular weight is 990 g/mol. The lowest BCUT2D eigenvalue weighted by atomic mass is 9.94. The van der Waals surface area contributed by atoms with Gasteiger partial charge in [0, 0.05) is 33.1 Å². The second kappa shape index (κ2) is 21.5. The molecule has 0 saturated carbocycles. The predicted octanol–water partition coefficient (Wildman–Crippen LogP) is 14.1. The van der Waals surface area contributed by atoms with Crippen LogP contribution in [0.25, 0.3) is 50.1 Å². The van der Waals surface area contributed by atoms with E-state index in [9.17, 15) is 0 Å². The zero-order valence-electron chi connectivity index (χ0n) is 39.5. The molecule has 1 aliphatic rings. The Hall–Kier alpha value is -7.40. The summed E-state index contributed by atoms with van der Waals surface area (Å²) in [5.74, 6) is -0.407. The monoisotopic (exact) mass is 989 g/mol. The molecule has 0 N–H and O–H groups in total. The first-order valence-corrected chi connectivity index (χ1v) is 27.6. The SMILES string of the molecule is CC(c1c(-c2ccc(-c3ccc4ccccc4n3)s2)cc(/C=C\c2ccccc2P(c2ccccc2)c2ccccc2)n1B(F)F)C1C=CC(/C=C/c2ccccc2P(c2ccccc2)c2ccccc2)=N1. The maximum atomic E-state index is 16.1. The van der Waals surface area contributed by atoms with Crippen LogP contribution in [0.5, 0.6) is 0 Å². The van der Waals surface area contributed by atoms with Crippen LogP contribution in [-0.4, -0.2) is 28.6 Å². The van der Waals surface area contributed by atoms with Gasteiger partial charge in [0.1, 0.15) is 0 Å². The van der Waals surface area contributed by atoms with Crippen LogP contribution in [0.15, 0.2) is 248 Å². The highest BCUT2D eigenvalue weighted by Gasteiger charge is 2.33. The molecule has 3 aromatic heterocycles. The van der Waals surface area contributed by atoms with E-state index in [1.807, 2.05) is 79.7 Å². The number of halogens is 2. The molecule has 0 fully saturated rings. The molecule has 10 aromatic rings. The van der Waals surface area contributed by atoms with Gasteiger partial charge in [-0.1, -0.05) is 219 Å². The Morgan fingerprint density at radius 2 is 1.04 bits per heavy atom. The molecule has 2 unspecified atom stereocenters. The fraction of sp³-hybridized carbons (Fsp3) is 0.0476. The van der Waals surface area contributed by atoms with Crippen LogP contribution in [0, 0.1) is 0 Å². The fourth-order valence-corrected chi connectivity index (χ4v) is 15.4. The number of pyridine rings is 1. The van der Waals surface area contributed by atoms with E-state index in [4.69, 9.17) is 9.98 Å². The molecular formula is C63H48BF2N3P2S. The quantitative estimate of drug-likeness (QED) is 0.0744. The number of para-hydroxylation sites is 1. The van der Waals surface area contributed by atoms with Gasteiger partial charge in [0.15, 0.2) is 0 Å². The zero-order valence-corrected chi connectivity index (χ0v) is 42.1. The molecule has 0 radical (unpaired) electrons. The van der Waals surface area contributed by atoms with Crippen molar-refractivity contribution >= 4 is 101 Å². The molecule has 2 atom stereocenters. The summed E-state index contributed by atoms with van der Waals surface area (Å²) in [6.45, 7) is 2.03. The van der Waals surface area contributed by atoms with E-state index < -0.39 is 29.2 Å². The molecular weight excluding hydrogens is 942 g/mol. The Morgan fingerprint density at radius 3 is 1.61 bits per heavy atom. The van der Waals surface area contributed by atoms with Gasteiger partial charge in [-0.2, -0.15) is 0 Å². The number of thiophene rings is 1. The van der Waals surface area contributed by atoms with Crippen LogP contribution in [-0.2, 0) is 0 Å². The molecule has 348 valence electrons. The summed E-state index contributed by atoms with van der Waals surface area (Å²) in [4.78, 5) is 12.1. The second-order valence-corrected chi connectivity index (χ2v) is 23.0. The minimum Gasteiger partial charge on any atom is -0.329 e. The Kier molecular flexibility index (Phi) is 14.0. The van der Waals surface area contributed by atoms with Gasteiger partial charge >= 0.3 is 7.40 Å². The summed E-state index contributed by atoms with van der Waals surface area (Å²) >= 11 is 1.57. The molecule has 3 nitrogen and oxygen atoms in total. The van der Waals surface area contributed by atoms with Crippen LogP contribution in [0.4, 0.5) is 8.63 Å². The van der Waals surface area contributed by atoms with Gasteiger partial charge in [-0.05, 0) is 107 Å². The van der Waals surface area contributed by atoms with Gasteiger partial charge < -0.3 is 4.48 Å². The molecule has 0 aliphatic carbocycles. The summed E-state index contributed by atoms with van der Waals surface area (Å²) in [5, 5.41) is 8.46. The van der Waals surface area contributed by atoms with Crippen molar-refractivity contribution in [2.75, 3.05) is 0 Å². The molecule has 0 amide bonds. The van der Waals surface area contributed by atoms with E-state index in [2.05, 4.69) is 188 Å². The molecule has 11 rings (SSSR count). The van der Waals surface area contributed by atoms with Crippen LogP contribution >= 0.6 is 27.2 Å². The summed E-state index contributed by atoms with van der Waals surface area (Å²) < 4.78 is 33.3. The molecule has 9 heteroatoms. The van der Waals surface area contributed by atoms with Gasteiger partial charge in [-0.15, -0.1) is 11.3 Å². The lowest BCUT2D eigenvalue weighted by molar-refractivity contribution is 0.592. The largest absolute Gasteiger partial charge is 0.677 e. The Balaban J connectivity index is 0.973. The smallest absolute Gasteiger partial charge is 0.329 e. The predicted molar refractivity (Wildman–Crippen MR) is 309 cm³/mol. The molecule has 72 heavy (non-hydrogen) atoms. The number of nitrogens with zero attached hydrogens (tertiary/aromatic N) is 3. The molecule has 0 spiro atoms. The van der Waals surface area contributed by atoms with Crippen molar-refractivity contribution in [1.29, 1.82) is 0 Å². The molecule has 0 bridgehead atoms. The van der Waals surface area contributed by atoms with Crippen molar-refractivity contribution in [2.45, 2.75) is 18.9 Å². The number of hydrogen-bond acceptors (Lipinski definition) is 3. The minimum atomic E-state index is -2.81. The lowest BCUT2D eigenvalue weighted by Crippen LogP contribution is -2.23. The van der Waals surface area contributed by atoms with E-state index in [0.717, 1.165) is 54.1 Å². The van der Waals surface area contributed by atoms with E-state index in [-0.39, 0.29) is 6.04 Å². The standard InChI is InChI=1S/C63H48BF2N3P2S/c1-45(56-41-38-49(67-56)37-34-47-21-15-18-32-59(47)70(51-23-6-2-7-24-51)52-25-8-3-9-26-52)63-55(61-42-43-62(72-61)58-40-36-46-20-14-17-31-57(46)68-58)44-50(69(63)64(65)66)39-35-48-22-16-19-33-60(48)71(53-27-10-4-11-28-53)54-29-12-5-13-30-54/h2-45,56H,1H3/b37-34+,39-35-. The summed E-state index contributed by atoms with van der Waals surface area (Å²) in [6, 6.07) is 77.3. The number of aromatic nitrogens is 2. The van der Waals surface area contributed by atoms with Crippen molar-refractivity contribution in [3.8, 4) is 21.0 Å². The first kappa shape index (κ1) is 47.0. The summed E-state index contributed by atoms with van der Waals surface area (Å²) in [5.41, 5.74) is 6.38. The highest BCUT2D eigenvalue weighted by Crippen LogP contribution is 2.43. The van der Waals surface area contributed by atoms with E-state index in [0.29, 0.717) is 11.4 Å². The summed E-state index contributed by atoms with van der Waals surface area (Å²) in [6.07, 6.45) is 12.2. The van der Waals surface area contributed by atoms with Gasteiger partial charge in [0.2, 0.25) is 0 Å². The van der Waals surface area contributed by atoms with Crippen molar-refractivity contribution in [3.05, 3.63) is 265 Å². The van der Waals surface area contributed by atoms with Gasteiger partial charge in [-0.25, -0.2) is 4.98 Å². The van der Waals surface area contributed by atoms with E-state index >= 15 is 8.63 Å². The van der Waals surface area contributed by atoms with Gasteiger partial charge in [-0.3, -0.25) is 13.6 Å². The topological polar surface area (TPSA) is 30.2 Å². The summed E-state index contributed by atoms with van der Waals surface area (Å²) in [7, 11) is -4.58. The van der Waals surface area contributed by atoms with Crippen LogP contribution in [0.3, 0.4) is 0 Å². The Morgan fingerprint density at radius 1 is 0.542 bits per heavy atom. The highest BCUT2D eigenvalue weighted by molar-refractivity contribution is 7.80. The van der Waals surface area contributed by atoms with Gasteiger partial charge in [0.05, 0.1) is 27.8 Å². The third-order valence-corrected chi connectivity index (χ3v) is 19.2. The molecule has 7 aromatic carbocycles.